The van der Waals surface area contributed by atoms with Crippen LogP contribution in [0.3, 0.4) is 0 Å². The Balaban J connectivity index is 2.11. The van der Waals surface area contributed by atoms with Crippen molar-refractivity contribution < 1.29 is 10.2 Å². The van der Waals surface area contributed by atoms with Gasteiger partial charge in [-0.2, -0.15) is 0 Å². The Bertz CT molecular complexity index is 241. The number of aliphatic hydroxyl groups is 2. The summed E-state index contributed by atoms with van der Waals surface area (Å²) in [4.78, 5) is 0. The zero-order chi connectivity index (χ0) is 11.8. The number of fused-ring (bicyclic) bond motifs is 1. The van der Waals surface area contributed by atoms with Crippen LogP contribution >= 0.6 is 0 Å². The van der Waals surface area contributed by atoms with Crippen molar-refractivity contribution in [1.29, 1.82) is 0 Å². The minimum Gasteiger partial charge on any atom is -0.396 e. The molecule has 2 N–H and O–H groups in total. The van der Waals surface area contributed by atoms with E-state index in [0.717, 1.165) is 12.8 Å². The highest BCUT2D eigenvalue weighted by Gasteiger charge is 2.51. The largest absolute Gasteiger partial charge is 0.396 e. The van der Waals surface area contributed by atoms with Crippen molar-refractivity contribution >= 4 is 0 Å². The van der Waals surface area contributed by atoms with Crippen molar-refractivity contribution in [3.05, 3.63) is 0 Å². The molecular formula is C14H26O2. The van der Waals surface area contributed by atoms with Gasteiger partial charge >= 0.3 is 0 Å². The SMILES string of the molecule is C[C@H](CCO)[C@H]1CC[C@H]2[C@@H](O)CCC[C@]12C. The summed E-state index contributed by atoms with van der Waals surface area (Å²) in [5.74, 6) is 1.83. The lowest BCUT2D eigenvalue weighted by atomic mass is 9.61. The molecule has 2 nitrogen and oxygen atoms in total. The number of hydrogen-bond acceptors (Lipinski definition) is 2. The van der Waals surface area contributed by atoms with Gasteiger partial charge < -0.3 is 10.2 Å². The first-order valence-corrected chi connectivity index (χ1v) is 6.88. The summed E-state index contributed by atoms with van der Waals surface area (Å²) >= 11 is 0. The van der Waals surface area contributed by atoms with E-state index in [1.165, 1.54) is 25.7 Å². The van der Waals surface area contributed by atoms with Gasteiger partial charge in [-0.15, -0.1) is 0 Å². The van der Waals surface area contributed by atoms with Crippen molar-refractivity contribution in [3.63, 3.8) is 0 Å². The number of aliphatic hydroxyl groups excluding tert-OH is 2. The van der Waals surface area contributed by atoms with Crippen LogP contribution in [0.5, 0.6) is 0 Å². The molecule has 0 saturated heterocycles. The van der Waals surface area contributed by atoms with Crippen LogP contribution in [0.15, 0.2) is 0 Å². The average Bonchev–Trinajstić information content (AvgIpc) is 2.57. The average molecular weight is 226 g/mol. The molecular weight excluding hydrogens is 200 g/mol. The maximum absolute atomic E-state index is 10.1. The molecule has 0 aromatic heterocycles. The quantitative estimate of drug-likeness (QED) is 0.776. The van der Waals surface area contributed by atoms with E-state index in [1.54, 1.807) is 0 Å². The summed E-state index contributed by atoms with van der Waals surface area (Å²) in [6.07, 6.45) is 6.75. The third kappa shape index (κ3) is 1.91. The van der Waals surface area contributed by atoms with Crippen LogP contribution in [0.25, 0.3) is 0 Å². The van der Waals surface area contributed by atoms with Gasteiger partial charge in [0.05, 0.1) is 6.10 Å². The Morgan fingerprint density at radius 2 is 2.06 bits per heavy atom. The van der Waals surface area contributed by atoms with Crippen molar-refractivity contribution in [3.8, 4) is 0 Å². The Labute approximate surface area is 99.1 Å². The zero-order valence-corrected chi connectivity index (χ0v) is 10.7. The zero-order valence-electron chi connectivity index (χ0n) is 10.7. The molecule has 0 aliphatic heterocycles. The molecule has 0 unspecified atom stereocenters. The molecule has 94 valence electrons. The lowest BCUT2D eigenvalue weighted by Crippen LogP contribution is -2.41. The van der Waals surface area contributed by atoms with Gasteiger partial charge in [0.2, 0.25) is 0 Å². The summed E-state index contributed by atoms with van der Waals surface area (Å²) in [6, 6.07) is 0. The highest BCUT2D eigenvalue weighted by molar-refractivity contribution is 5.01. The predicted octanol–water partition coefficient (Wildman–Crippen LogP) is 2.58. The molecule has 0 bridgehead atoms. The minimum absolute atomic E-state index is 0.0647. The van der Waals surface area contributed by atoms with Gasteiger partial charge in [0.15, 0.2) is 0 Å². The van der Waals surface area contributed by atoms with Crippen molar-refractivity contribution in [2.75, 3.05) is 6.61 Å². The molecule has 0 heterocycles. The normalized spacial score (nSPS) is 45.4. The van der Waals surface area contributed by atoms with E-state index in [0.29, 0.717) is 29.8 Å². The second-order valence-electron chi connectivity index (χ2n) is 6.25. The third-order valence-corrected chi connectivity index (χ3v) is 5.43. The lowest BCUT2D eigenvalue weighted by Gasteiger charge is -2.45. The first-order valence-electron chi connectivity index (χ1n) is 6.88. The van der Waals surface area contributed by atoms with Gasteiger partial charge in [0.1, 0.15) is 0 Å². The third-order valence-electron chi connectivity index (χ3n) is 5.43. The molecule has 2 aliphatic carbocycles. The van der Waals surface area contributed by atoms with Gasteiger partial charge in [-0.05, 0) is 55.3 Å². The molecule has 2 rings (SSSR count). The van der Waals surface area contributed by atoms with Crippen LogP contribution in [0, 0.1) is 23.2 Å². The van der Waals surface area contributed by atoms with E-state index in [4.69, 9.17) is 5.11 Å². The van der Waals surface area contributed by atoms with E-state index in [9.17, 15) is 5.11 Å². The lowest BCUT2D eigenvalue weighted by molar-refractivity contribution is -0.0287. The second-order valence-corrected chi connectivity index (χ2v) is 6.25. The van der Waals surface area contributed by atoms with Crippen LogP contribution in [0.2, 0.25) is 0 Å². The monoisotopic (exact) mass is 226 g/mol. The molecule has 0 radical (unpaired) electrons. The van der Waals surface area contributed by atoms with Crippen LogP contribution < -0.4 is 0 Å². The van der Waals surface area contributed by atoms with Gasteiger partial charge in [0.25, 0.3) is 0 Å². The van der Waals surface area contributed by atoms with Gasteiger partial charge in [0, 0.05) is 6.61 Å². The predicted molar refractivity (Wildman–Crippen MR) is 65.0 cm³/mol. The maximum atomic E-state index is 10.1. The van der Waals surface area contributed by atoms with Crippen LogP contribution in [-0.4, -0.2) is 22.9 Å². The number of rotatable bonds is 3. The van der Waals surface area contributed by atoms with Gasteiger partial charge in [-0.1, -0.05) is 20.3 Å². The topological polar surface area (TPSA) is 40.5 Å². The minimum atomic E-state index is -0.0647. The molecule has 5 atom stereocenters. The highest BCUT2D eigenvalue weighted by Crippen LogP contribution is 2.57. The summed E-state index contributed by atoms with van der Waals surface area (Å²) in [5, 5.41) is 19.2. The van der Waals surface area contributed by atoms with Crippen LogP contribution in [-0.2, 0) is 0 Å². The molecule has 0 amide bonds. The van der Waals surface area contributed by atoms with Crippen LogP contribution in [0.1, 0.15) is 52.4 Å². The Morgan fingerprint density at radius 1 is 1.31 bits per heavy atom. The fourth-order valence-corrected chi connectivity index (χ4v) is 4.53. The van der Waals surface area contributed by atoms with E-state index >= 15 is 0 Å². The Morgan fingerprint density at radius 3 is 2.75 bits per heavy atom. The molecule has 16 heavy (non-hydrogen) atoms. The number of hydrogen-bond donors (Lipinski definition) is 2. The van der Waals surface area contributed by atoms with Crippen molar-refractivity contribution in [2.24, 2.45) is 23.2 Å². The molecule has 2 saturated carbocycles. The maximum Gasteiger partial charge on any atom is 0.0573 e. The van der Waals surface area contributed by atoms with E-state index in [1.807, 2.05) is 0 Å². The molecule has 2 heteroatoms. The van der Waals surface area contributed by atoms with Gasteiger partial charge in [-0.3, -0.25) is 0 Å². The fourth-order valence-electron chi connectivity index (χ4n) is 4.53. The summed E-state index contributed by atoms with van der Waals surface area (Å²) in [6.45, 7) is 4.96. The Hall–Kier alpha value is -0.0800. The van der Waals surface area contributed by atoms with Gasteiger partial charge in [-0.25, -0.2) is 0 Å². The smallest absolute Gasteiger partial charge is 0.0573 e. The van der Waals surface area contributed by atoms with Crippen molar-refractivity contribution in [1.82, 2.24) is 0 Å². The summed E-state index contributed by atoms with van der Waals surface area (Å²) in [5.41, 5.74) is 0.340. The van der Waals surface area contributed by atoms with E-state index in [-0.39, 0.29) is 6.10 Å². The molecule has 0 spiro atoms. The first-order chi connectivity index (χ1) is 7.59. The summed E-state index contributed by atoms with van der Waals surface area (Å²) in [7, 11) is 0. The second kappa shape index (κ2) is 4.66. The fraction of sp³-hybridized carbons (Fsp3) is 1.00. The molecule has 2 fully saturated rings. The summed E-state index contributed by atoms with van der Waals surface area (Å²) < 4.78 is 0. The Kier molecular flexibility index (Phi) is 3.60. The highest BCUT2D eigenvalue weighted by atomic mass is 16.3. The standard InChI is InChI=1S/C14H26O2/c1-10(7-9-15)11-5-6-12-13(16)4-3-8-14(11,12)2/h10-13,15-16H,3-9H2,1-2H3/t10-,11-,12+,13+,14-/m1/s1. The molecule has 0 aromatic rings. The van der Waals surface area contributed by atoms with E-state index < -0.39 is 0 Å². The van der Waals surface area contributed by atoms with E-state index in [2.05, 4.69) is 13.8 Å². The van der Waals surface area contributed by atoms with Crippen LogP contribution in [0.4, 0.5) is 0 Å². The first kappa shape index (κ1) is 12.4. The molecule has 2 aliphatic rings. The molecule has 0 aromatic carbocycles. The van der Waals surface area contributed by atoms with Crippen molar-refractivity contribution in [2.45, 2.75) is 58.5 Å².